The number of Topliss-reactive ketones (excluding diaryl/α,β-unsaturated/α-hetero) is 1. The Morgan fingerprint density at radius 3 is 2.38 bits per heavy atom. The van der Waals surface area contributed by atoms with E-state index in [0.717, 1.165) is 18.7 Å². The predicted octanol–water partition coefficient (Wildman–Crippen LogP) is 2.11. The van der Waals surface area contributed by atoms with Crippen molar-refractivity contribution in [1.29, 1.82) is 0 Å². The van der Waals surface area contributed by atoms with Crippen LogP contribution in [0, 0.1) is 17.0 Å². The molecule has 0 saturated carbocycles. The Balaban J connectivity index is 2.81. The molecular formula is C11H12N2O3. The third kappa shape index (κ3) is 3.20. The number of aryl methyl sites for hydroxylation is 1. The topological polar surface area (TPSA) is 72.2 Å². The van der Waals surface area contributed by atoms with Crippen LogP contribution in [0.15, 0.2) is 36.2 Å². The summed E-state index contributed by atoms with van der Waals surface area (Å²) < 4.78 is 0. The summed E-state index contributed by atoms with van der Waals surface area (Å²) in [5, 5.41) is 13.2. The molecule has 0 unspecified atom stereocenters. The van der Waals surface area contributed by atoms with Gasteiger partial charge in [-0.15, -0.1) is 0 Å². The lowest BCUT2D eigenvalue weighted by Crippen LogP contribution is -2.09. The minimum Gasteiger partial charge on any atom is -0.356 e. The smallest absolute Gasteiger partial charge is 0.327 e. The van der Waals surface area contributed by atoms with Gasteiger partial charge in [-0.3, -0.25) is 14.9 Å². The van der Waals surface area contributed by atoms with E-state index < -0.39 is 16.4 Å². The summed E-state index contributed by atoms with van der Waals surface area (Å²) >= 11 is 0. The number of nitrogens with one attached hydrogen (secondary N) is 1. The van der Waals surface area contributed by atoms with Crippen molar-refractivity contribution in [2.24, 2.45) is 0 Å². The Kier molecular flexibility index (Phi) is 3.77. The quantitative estimate of drug-likeness (QED) is 0.479. The summed E-state index contributed by atoms with van der Waals surface area (Å²) in [5.74, 6) is -0.579. The highest BCUT2D eigenvalue weighted by Gasteiger charge is 2.15. The SMILES string of the molecule is CC(=O)/C(=C/Nc1ccc(C)cc1)[N+](=O)[O-]. The van der Waals surface area contributed by atoms with E-state index in [1.807, 2.05) is 19.1 Å². The van der Waals surface area contributed by atoms with Gasteiger partial charge in [0.15, 0.2) is 0 Å². The number of benzene rings is 1. The first kappa shape index (κ1) is 11.9. The molecule has 0 aliphatic carbocycles. The molecule has 0 saturated heterocycles. The van der Waals surface area contributed by atoms with Crippen LogP contribution >= 0.6 is 0 Å². The number of nitro groups is 1. The number of rotatable bonds is 4. The average Bonchev–Trinajstić information content (AvgIpc) is 2.20. The van der Waals surface area contributed by atoms with Crippen LogP contribution in [0.25, 0.3) is 0 Å². The van der Waals surface area contributed by atoms with Crippen molar-refractivity contribution >= 4 is 11.5 Å². The maximum Gasteiger partial charge on any atom is 0.327 e. The normalized spacial score (nSPS) is 11.0. The summed E-state index contributed by atoms with van der Waals surface area (Å²) in [4.78, 5) is 20.7. The minimum atomic E-state index is -0.705. The third-order valence-electron chi connectivity index (χ3n) is 1.98. The van der Waals surface area contributed by atoms with Gasteiger partial charge in [-0.25, -0.2) is 0 Å². The van der Waals surface area contributed by atoms with Crippen LogP contribution in [0.4, 0.5) is 5.69 Å². The fourth-order valence-electron chi connectivity index (χ4n) is 1.08. The van der Waals surface area contributed by atoms with Crippen LogP contribution in [0.3, 0.4) is 0 Å². The van der Waals surface area contributed by atoms with Crippen LogP contribution in [-0.2, 0) is 4.79 Å². The van der Waals surface area contributed by atoms with Gasteiger partial charge in [0.25, 0.3) is 0 Å². The summed E-state index contributed by atoms with van der Waals surface area (Å²) in [5.41, 5.74) is 1.34. The molecule has 0 aliphatic heterocycles. The van der Waals surface area contributed by atoms with Gasteiger partial charge in [-0.1, -0.05) is 17.7 Å². The van der Waals surface area contributed by atoms with Crippen molar-refractivity contribution in [3.8, 4) is 0 Å². The van der Waals surface area contributed by atoms with E-state index in [4.69, 9.17) is 0 Å². The largest absolute Gasteiger partial charge is 0.356 e. The van der Waals surface area contributed by atoms with Gasteiger partial charge in [-0.05, 0) is 19.1 Å². The molecule has 0 bridgehead atoms. The molecule has 0 aromatic heterocycles. The van der Waals surface area contributed by atoms with Gasteiger partial charge in [0.05, 0.1) is 11.1 Å². The molecule has 1 N–H and O–H groups in total. The Morgan fingerprint density at radius 2 is 1.94 bits per heavy atom. The molecule has 5 heteroatoms. The number of anilines is 1. The summed E-state index contributed by atoms with van der Waals surface area (Å²) in [7, 11) is 0. The van der Waals surface area contributed by atoms with Crippen LogP contribution < -0.4 is 5.32 Å². The number of allylic oxidation sites excluding steroid dienone is 1. The Labute approximate surface area is 92.9 Å². The molecule has 0 amide bonds. The molecule has 0 heterocycles. The van der Waals surface area contributed by atoms with Crippen LogP contribution in [0.5, 0.6) is 0 Å². The molecular weight excluding hydrogens is 208 g/mol. The molecule has 0 aliphatic rings. The minimum absolute atomic E-state index is 0.458. The van der Waals surface area contributed by atoms with Gasteiger partial charge < -0.3 is 5.32 Å². The molecule has 1 aromatic rings. The van der Waals surface area contributed by atoms with E-state index in [9.17, 15) is 14.9 Å². The second-order valence-electron chi connectivity index (χ2n) is 3.35. The maximum absolute atomic E-state index is 10.9. The van der Waals surface area contributed by atoms with E-state index >= 15 is 0 Å². The second-order valence-corrected chi connectivity index (χ2v) is 3.35. The van der Waals surface area contributed by atoms with Crippen LogP contribution in [0.1, 0.15) is 12.5 Å². The first-order chi connectivity index (χ1) is 7.50. The number of hydrogen-bond donors (Lipinski definition) is 1. The van der Waals surface area contributed by atoms with Gasteiger partial charge >= 0.3 is 5.70 Å². The lowest BCUT2D eigenvalue weighted by atomic mass is 10.2. The zero-order valence-electron chi connectivity index (χ0n) is 9.06. The number of ketones is 1. The number of carbonyl (C=O) groups excluding carboxylic acids is 1. The van der Waals surface area contributed by atoms with Gasteiger partial charge in [-0.2, -0.15) is 0 Å². The molecule has 1 aromatic carbocycles. The number of carbonyl (C=O) groups is 1. The van der Waals surface area contributed by atoms with Gasteiger partial charge in [0.2, 0.25) is 5.78 Å². The Morgan fingerprint density at radius 1 is 1.38 bits per heavy atom. The van der Waals surface area contributed by atoms with E-state index in [2.05, 4.69) is 5.32 Å². The van der Waals surface area contributed by atoms with Crippen LogP contribution in [-0.4, -0.2) is 10.7 Å². The fourth-order valence-corrected chi connectivity index (χ4v) is 1.08. The molecule has 1 rings (SSSR count). The van der Waals surface area contributed by atoms with Crippen molar-refractivity contribution in [3.63, 3.8) is 0 Å². The molecule has 0 fully saturated rings. The molecule has 16 heavy (non-hydrogen) atoms. The second kappa shape index (κ2) is 5.06. The van der Waals surface area contributed by atoms with E-state index in [0.29, 0.717) is 5.69 Å². The lowest BCUT2D eigenvalue weighted by molar-refractivity contribution is -0.418. The van der Waals surface area contributed by atoms with Gasteiger partial charge in [0, 0.05) is 12.6 Å². The molecule has 0 radical (unpaired) electrons. The van der Waals surface area contributed by atoms with Crippen molar-refractivity contribution in [2.45, 2.75) is 13.8 Å². The molecule has 5 nitrogen and oxygen atoms in total. The Hall–Kier alpha value is -2.17. The number of hydrogen-bond acceptors (Lipinski definition) is 4. The first-order valence-corrected chi connectivity index (χ1v) is 4.69. The molecule has 84 valence electrons. The predicted molar refractivity (Wildman–Crippen MR) is 60.6 cm³/mol. The highest BCUT2D eigenvalue weighted by atomic mass is 16.6. The zero-order chi connectivity index (χ0) is 12.1. The summed E-state index contributed by atoms with van der Waals surface area (Å²) in [6.07, 6.45) is 1.10. The van der Waals surface area contributed by atoms with Crippen molar-refractivity contribution < 1.29 is 9.72 Å². The van der Waals surface area contributed by atoms with E-state index in [1.54, 1.807) is 12.1 Å². The highest BCUT2D eigenvalue weighted by Crippen LogP contribution is 2.09. The third-order valence-corrected chi connectivity index (χ3v) is 1.98. The van der Waals surface area contributed by atoms with Crippen molar-refractivity contribution in [2.75, 3.05) is 5.32 Å². The Bertz CT molecular complexity index is 419. The van der Waals surface area contributed by atoms with E-state index in [1.165, 1.54) is 0 Å². The van der Waals surface area contributed by atoms with Crippen molar-refractivity contribution in [3.05, 3.63) is 51.8 Å². The lowest BCUT2D eigenvalue weighted by Gasteiger charge is -2.00. The maximum atomic E-state index is 10.9. The zero-order valence-corrected chi connectivity index (χ0v) is 9.06. The molecule has 0 spiro atoms. The summed E-state index contributed by atoms with van der Waals surface area (Å²) in [6.45, 7) is 3.10. The standard InChI is InChI=1S/C11H12N2O3/c1-8-3-5-10(6-4-8)12-7-11(9(2)14)13(15)16/h3-7,12H,1-2H3/b11-7-. The van der Waals surface area contributed by atoms with E-state index in [-0.39, 0.29) is 0 Å². The van der Waals surface area contributed by atoms with Crippen molar-refractivity contribution in [1.82, 2.24) is 0 Å². The first-order valence-electron chi connectivity index (χ1n) is 4.69. The highest BCUT2D eigenvalue weighted by molar-refractivity contribution is 5.91. The van der Waals surface area contributed by atoms with Crippen LogP contribution in [0.2, 0.25) is 0 Å². The van der Waals surface area contributed by atoms with Gasteiger partial charge in [0.1, 0.15) is 0 Å². The monoisotopic (exact) mass is 220 g/mol. The summed E-state index contributed by atoms with van der Waals surface area (Å²) in [6, 6.07) is 7.30. The molecule has 0 atom stereocenters. The average molecular weight is 220 g/mol. The number of nitrogens with zero attached hydrogens (tertiary/aromatic N) is 1. The fraction of sp³-hybridized carbons (Fsp3) is 0.182.